The Morgan fingerprint density at radius 3 is 2.70 bits per heavy atom. The van der Waals surface area contributed by atoms with Crippen molar-refractivity contribution >= 4 is 17.8 Å². The monoisotopic (exact) mass is 375 g/mol. The van der Waals surface area contributed by atoms with Crippen molar-refractivity contribution in [2.45, 2.75) is 45.3 Å². The highest BCUT2D eigenvalue weighted by Crippen LogP contribution is 2.35. The van der Waals surface area contributed by atoms with E-state index in [0.29, 0.717) is 6.42 Å². The lowest BCUT2D eigenvalue weighted by molar-refractivity contribution is -0.177. The number of β-lactam (4-membered cyclic amide) rings is 1. The summed E-state index contributed by atoms with van der Waals surface area (Å²) < 4.78 is 10.7. The first-order valence-corrected chi connectivity index (χ1v) is 9.08. The number of nitrogens with one attached hydrogen (secondary N) is 1. The highest BCUT2D eigenvalue weighted by molar-refractivity contribution is 6.09. The van der Waals surface area contributed by atoms with Gasteiger partial charge in [0.1, 0.15) is 18.7 Å². The Kier molecular flexibility index (Phi) is 5.76. The van der Waals surface area contributed by atoms with E-state index in [1.807, 2.05) is 44.2 Å². The number of nitrogens with two attached hydrogens (primary N) is 1. The summed E-state index contributed by atoms with van der Waals surface area (Å²) in [4.78, 5) is 38.7. The number of ether oxygens (including phenoxy) is 2. The van der Waals surface area contributed by atoms with E-state index in [4.69, 9.17) is 15.2 Å². The maximum atomic E-state index is 12.9. The summed E-state index contributed by atoms with van der Waals surface area (Å²) in [6.45, 7) is 4.19. The fourth-order valence-corrected chi connectivity index (χ4v) is 3.40. The molecule has 2 saturated heterocycles. The van der Waals surface area contributed by atoms with Crippen molar-refractivity contribution in [3.05, 3.63) is 35.9 Å². The molecule has 0 spiro atoms. The molecule has 4 atom stereocenters. The lowest BCUT2D eigenvalue weighted by Gasteiger charge is -2.42. The second kappa shape index (κ2) is 8.06. The lowest BCUT2D eigenvalue weighted by Crippen LogP contribution is -2.67. The van der Waals surface area contributed by atoms with Crippen LogP contribution in [0.4, 0.5) is 4.79 Å². The van der Waals surface area contributed by atoms with Crippen LogP contribution in [0.5, 0.6) is 0 Å². The molecule has 2 aliphatic heterocycles. The van der Waals surface area contributed by atoms with Crippen molar-refractivity contribution in [2.75, 3.05) is 6.61 Å². The predicted octanol–water partition coefficient (Wildman–Crippen LogP) is 0.996. The molecule has 8 heteroatoms. The van der Waals surface area contributed by atoms with Crippen molar-refractivity contribution in [3.8, 4) is 0 Å². The van der Waals surface area contributed by atoms with Crippen LogP contribution < -0.4 is 11.1 Å². The quantitative estimate of drug-likeness (QED) is 0.543. The number of alkyl carbamates (subject to hydrolysis) is 1. The van der Waals surface area contributed by atoms with Gasteiger partial charge in [-0.2, -0.15) is 0 Å². The molecule has 0 saturated carbocycles. The van der Waals surface area contributed by atoms with Gasteiger partial charge < -0.3 is 20.5 Å². The van der Waals surface area contributed by atoms with Gasteiger partial charge in [0.05, 0.1) is 12.6 Å². The number of carbonyl (C=O) groups excluding carboxylic acids is 3. The molecular weight excluding hydrogens is 350 g/mol. The zero-order chi connectivity index (χ0) is 19.6. The number of amides is 2. The number of fused-ring (bicyclic) bond motifs is 1. The van der Waals surface area contributed by atoms with Gasteiger partial charge in [-0.05, 0) is 17.9 Å². The highest BCUT2D eigenvalue weighted by atomic mass is 16.5. The van der Waals surface area contributed by atoms with Gasteiger partial charge in [0.15, 0.2) is 12.0 Å². The molecule has 2 heterocycles. The fraction of sp³-hybridized carbons (Fsp3) is 0.526. The Hall–Kier alpha value is -2.45. The van der Waals surface area contributed by atoms with Crippen molar-refractivity contribution in [1.29, 1.82) is 0 Å². The average Bonchev–Trinajstić information content (AvgIpc) is 2.96. The van der Waals surface area contributed by atoms with Crippen LogP contribution in [0.1, 0.15) is 25.8 Å². The van der Waals surface area contributed by atoms with Gasteiger partial charge in [0.2, 0.25) is 5.91 Å². The van der Waals surface area contributed by atoms with Crippen LogP contribution in [0.2, 0.25) is 0 Å². The van der Waals surface area contributed by atoms with E-state index < -0.39 is 30.4 Å². The van der Waals surface area contributed by atoms with Gasteiger partial charge in [-0.3, -0.25) is 14.5 Å². The van der Waals surface area contributed by atoms with E-state index >= 15 is 0 Å². The number of Topliss-reactive ketones (excluding diaryl/α,β-unsaturated/α-hetero) is 1. The molecule has 3 unspecified atom stereocenters. The van der Waals surface area contributed by atoms with E-state index in [1.54, 1.807) is 0 Å². The summed E-state index contributed by atoms with van der Waals surface area (Å²) in [6.07, 6.45) is -1.43. The molecule has 2 aliphatic rings. The third-order valence-corrected chi connectivity index (χ3v) is 4.74. The largest absolute Gasteiger partial charge is 0.445 e. The summed E-state index contributed by atoms with van der Waals surface area (Å²) in [5.74, 6) is -1.48. The number of benzene rings is 1. The first-order chi connectivity index (χ1) is 12.9. The van der Waals surface area contributed by atoms with E-state index in [2.05, 4.69) is 5.32 Å². The van der Waals surface area contributed by atoms with Crippen molar-refractivity contribution in [3.63, 3.8) is 0 Å². The van der Waals surface area contributed by atoms with Crippen LogP contribution in [-0.4, -0.2) is 47.7 Å². The molecule has 8 nitrogen and oxygen atoms in total. The zero-order valence-electron chi connectivity index (χ0n) is 15.5. The van der Waals surface area contributed by atoms with E-state index in [9.17, 15) is 14.4 Å². The van der Waals surface area contributed by atoms with E-state index in [1.165, 1.54) is 4.90 Å². The van der Waals surface area contributed by atoms with E-state index in [-0.39, 0.29) is 30.8 Å². The smallest absolute Gasteiger partial charge is 0.408 e. The van der Waals surface area contributed by atoms with Crippen molar-refractivity contribution < 1.29 is 23.9 Å². The normalized spacial score (nSPS) is 25.0. The van der Waals surface area contributed by atoms with Gasteiger partial charge in [-0.1, -0.05) is 44.2 Å². The third-order valence-electron chi connectivity index (χ3n) is 4.74. The molecule has 2 amide bonds. The molecular formula is C19H25N3O5. The molecule has 27 heavy (non-hydrogen) atoms. The molecule has 146 valence electrons. The van der Waals surface area contributed by atoms with Crippen LogP contribution in [0, 0.1) is 11.8 Å². The third kappa shape index (κ3) is 4.12. The summed E-state index contributed by atoms with van der Waals surface area (Å²) >= 11 is 0. The van der Waals surface area contributed by atoms with Crippen LogP contribution in [-0.2, 0) is 25.7 Å². The highest BCUT2D eigenvalue weighted by Gasteiger charge is 2.58. The fourth-order valence-electron chi connectivity index (χ4n) is 3.40. The Morgan fingerprint density at radius 2 is 2.04 bits per heavy atom. The van der Waals surface area contributed by atoms with Crippen LogP contribution in [0.3, 0.4) is 0 Å². The maximum Gasteiger partial charge on any atom is 0.408 e. The summed E-state index contributed by atoms with van der Waals surface area (Å²) in [7, 11) is 0. The number of nitrogens with zero attached hydrogens (tertiary/aromatic N) is 1. The van der Waals surface area contributed by atoms with Gasteiger partial charge >= 0.3 is 6.09 Å². The molecule has 1 aromatic rings. The Balaban J connectivity index is 1.60. The number of carbonyl (C=O) groups is 3. The minimum Gasteiger partial charge on any atom is -0.445 e. The number of ketones is 1. The summed E-state index contributed by atoms with van der Waals surface area (Å²) in [6, 6.07) is 8.43. The van der Waals surface area contributed by atoms with Crippen LogP contribution in [0.25, 0.3) is 0 Å². The first-order valence-electron chi connectivity index (χ1n) is 9.08. The van der Waals surface area contributed by atoms with Gasteiger partial charge in [-0.25, -0.2) is 4.79 Å². The SMILES string of the molecule is CC(C)C[C@H](NC(=O)OCc1ccccc1)C(=O)C1C(=O)N2C(N)COC12. The molecule has 0 aliphatic carbocycles. The Labute approximate surface area is 158 Å². The molecule has 1 aromatic carbocycles. The minimum absolute atomic E-state index is 0.103. The summed E-state index contributed by atoms with van der Waals surface area (Å²) in [5, 5.41) is 2.61. The molecule has 2 fully saturated rings. The number of rotatable bonds is 7. The Morgan fingerprint density at radius 1 is 1.33 bits per heavy atom. The first kappa shape index (κ1) is 19.3. The number of hydrogen-bond donors (Lipinski definition) is 2. The van der Waals surface area contributed by atoms with Gasteiger partial charge in [0.25, 0.3) is 0 Å². The van der Waals surface area contributed by atoms with Gasteiger partial charge in [-0.15, -0.1) is 0 Å². The van der Waals surface area contributed by atoms with E-state index in [0.717, 1.165) is 5.56 Å². The molecule has 3 rings (SSSR count). The molecule has 0 aromatic heterocycles. The second-order valence-electron chi connectivity index (χ2n) is 7.30. The maximum absolute atomic E-state index is 12.9. The average molecular weight is 375 g/mol. The van der Waals surface area contributed by atoms with Gasteiger partial charge in [0, 0.05) is 0 Å². The predicted molar refractivity (Wildman–Crippen MR) is 96.1 cm³/mol. The number of hydrogen-bond acceptors (Lipinski definition) is 6. The topological polar surface area (TPSA) is 111 Å². The lowest BCUT2D eigenvalue weighted by atomic mass is 9.85. The van der Waals surface area contributed by atoms with Crippen LogP contribution in [0.15, 0.2) is 30.3 Å². The minimum atomic E-state index is -0.920. The molecule has 3 N–H and O–H groups in total. The Bertz CT molecular complexity index is 709. The van der Waals surface area contributed by atoms with Crippen molar-refractivity contribution in [2.24, 2.45) is 17.6 Å². The molecule has 0 bridgehead atoms. The zero-order valence-corrected chi connectivity index (χ0v) is 15.5. The second-order valence-corrected chi connectivity index (χ2v) is 7.30. The summed E-state index contributed by atoms with van der Waals surface area (Å²) in [5.41, 5.74) is 6.63. The standard InChI is InChI=1S/C19H25N3O5/c1-11(2)8-13(21-19(25)27-9-12-6-4-3-5-7-12)16(23)15-17(24)22-14(20)10-26-18(15)22/h3-7,11,13-15,18H,8-10,20H2,1-2H3,(H,21,25)/t13-,14?,15?,18?/m0/s1. The van der Waals surface area contributed by atoms with Crippen molar-refractivity contribution in [1.82, 2.24) is 10.2 Å². The van der Waals surface area contributed by atoms with Crippen LogP contribution >= 0.6 is 0 Å². The molecule has 0 radical (unpaired) electrons.